The molecule has 0 radical (unpaired) electrons. The van der Waals surface area contributed by atoms with Gasteiger partial charge in [0.1, 0.15) is 0 Å². The zero-order valence-electron chi connectivity index (χ0n) is 6.48. The first-order valence-electron chi connectivity index (χ1n) is 4.09. The van der Waals surface area contributed by atoms with Crippen molar-refractivity contribution >= 4 is 0 Å². The number of rotatable bonds is 2. The molecule has 0 aromatic carbocycles. The maximum atomic E-state index is 3.55. The summed E-state index contributed by atoms with van der Waals surface area (Å²) in [7, 11) is 0. The third-order valence-electron chi connectivity index (χ3n) is 2.11. The number of nitrogens with one attached hydrogen (secondary N) is 1. The molecular weight excluding hydrogens is 110 g/mol. The van der Waals surface area contributed by atoms with E-state index in [9.17, 15) is 0 Å². The van der Waals surface area contributed by atoms with E-state index in [1.54, 1.807) is 0 Å². The minimum Gasteiger partial charge on any atom is -0.312 e. The maximum absolute atomic E-state index is 3.55. The van der Waals surface area contributed by atoms with Crippen molar-refractivity contribution in [3.05, 3.63) is 0 Å². The van der Waals surface area contributed by atoms with Gasteiger partial charge in [-0.3, -0.25) is 0 Å². The molecule has 0 spiro atoms. The highest BCUT2D eigenvalue weighted by Crippen LogP contribution is 2.14. The Labute approximate surface area is 57.8 Å². The van der Waals surface area contributed by atoms with E-state index in [0.717, 1.165) is 12.1 Å². The van der Waals surface area contributed by atoms with Crippen LogP contribution >= 0.6 is 0 Å². The van der Waals surface area contributed by atoms with Crippen LogP contribution in [0.3, 0.4) is 0 Å². The van der Waals surface area contributed by atoms with Crippen LogP contribution in [-0.4, -0.2) is 12.1 Å². The van der Waals surface area contributed by atoms with Crippen LogP contribution in [0.1, 0.15) is 39.5 Å². The van der Waals surface area contributed by atoms with Crippen molar-refractivity contribution in [3.8, 4) is 0 Å². The standard InChI is InChI=1S/C8H17N/c1-3-4-8-6-5-7(2)9-8/h7-9H,3-6H2,1-2H3. The van der Waals surface area contributed by atoms with Gasteiger partial charge in [-0.1, -0.05) is 13.3 Å². The first kappa shape index (κ1) is 7.07. The van der Waals surface area contributed by atoms with E-state index < -0.39 is 0 Å². The lowest BCUT2D eigenvalue weighted by Gasteiger charge is -2.08. The molecular formula is C8H17N. The van der Waals surface area contributed by atoms with Gasteiger partial charge in [-0.2, -0.15) is 0 Å². The number of hydrogen-bond acceptors (Lipinski definition) is 1. The molecule has 1 rings (SSSR count). The maximum Gasteiger partial charge on any atom is 0.00700 e. The molecule has 9 heavy (non-hydrogen) atoms. The molecule has 1 heterocycles. The van der Waals surface area contributed by atoms with Crippen molar-refractivity contribution in [2.75, 3.05) is 0 Å². The van der Waals surface area contributed by atoms with Crippen LogP contribution in [0, 0.1) is 0 Å². The second-order valence-electron chi connectivity index (χ2n) is 3.13. The fourth-order valence-corrected chi connectivity index (χ4v) is 1.60. The normalized spacial score (nSPS) is 35.3. The first-order chi connectivity index (χ1) is 4.33. The van der Waals surface area contributed by atoms with Gasteiger partial charge in [0.25, 0.3) is 0 Å². The van der Waals surface area contributed by atoms with E-state index in [-0.39, 0.29) is 0 Å². The minimum absolute atomic E-state index is 0.779. The van der Waals surface area contributed by atoms with E-state index in [2.05, 4.69) is 19.2 Å². The summed E-state index contributed by atoms with van der Waals surface area (Å²) in [6.07, 6.45) is 5.47. The largest absolute Gasteiger partial charge is 0.312 e. The molecule has 2 atom stereocenters. The van der Waals surface area contributed by atoms with Gasteiger partial charge in [-0.05, 0) is 26.2 Å². The SMILES string of the molecule is CCCC1CCC(C)N1. The second kappa shape index (κ2) is 3.21. The van der Waals surface area contributed by atoms with Crippen LogP contribution in [0.5, 0.6) is 0 Å². The molecule has 1 heteroatoms. The van der Waals surface area contributed by atoms with Crippen LogP contribution in [-0.2, 0) is 0 Å². The fourth-order valence-electron chi connectivity index (χ4n) is 1.60. The zero-order valence-corrected chi connectivity index (χ0v) is 6.48. The van der Waals surface area contributed by atoms with Crippen LogP contribution in [0.2, 0.25) is 0 Å². The van der Waals surface area contributed by atoms with Crippen molar-refractivity contribution in [1.29, 1.82) is 0 Å². The Hall–Kier alpha value is -0.0400. The van der Waals surface area contributed by atoms with E-state index in [4.69, 9.17) is 0 Å². The molecule has 0 aromatic heterocycles. The van der Waals surface area contributed by atoms with Crippen LogP contribution in [0.25, 0.3) is 0 Å². The Morgan fingerprint density at radius 1 is 1.44 bits per heavy atom. The topological polar surface area (TPSA) is 12.0 Å². The summed E-state index contributed by atoms with van der Waals surface area (Å²) in [5.74, 6) is 0. The molecule has 1 aliphatic rings. The molecule has 0 aliphatic carbocycles. The van der Waals surface area contributed by atoms with Gasteiger partial charge in [-0.25, -0.2) is 0 Å². The average Bonchev–Trinajstić information content (AvgIpc) is 2.17. The van der Waals surface area contributed by atoms with Crippen LogP contribution < -0.4 is 5.32 Å². The van der Waals surface area contributed by atoms with Crippen LogP contribution in [0.15, 0.2) is 0 Å². The highest BCUT2D eigenvalue weighted by atomic mass is 15.0. The highest BCUT2D eigenvalue weighted by molar-refractivity contribution is 4.79. The zero-order chi connectivity index (χ0) is 6.69. The van der Waals surface area contributed by atoms with Gasteiger partial charge >= 0.3 is 0 Å². The van der Waals surface area contributed by atoms with Crippen molar-refractivity contribution < 1.29 is 0 Å². The molecule has 54 valence electrons. The summed E-state index contributed by atoms with van der Waals surface area (Å²) in [6, 6.07) is 1.62. The summed E-state index contributed by atoms with van der Waals surface area (Å²) in [6.45, 7) is 4.53. The number of hydrogen-bond donors (Lipinski definition) is 1. The van der Waals surface area contributed by atoms with Crippen molar-refractivity contribution in [3.63, 3.8) is 0 Å². The quantitative estimate of drug-likeness (QED) is 0.597. The van der Waals surface area contributed by atoms with Gasteiger partial charge in [0, 0.05) is 12.1 Å². The molecule has 1 saturated heterocycles. The van der Waals surface area contributed by atoms with E-state index in [0.29, 0.717) is 0 Å². The Kier molecular flexibility index (Phi) is 2.52. The molecule has 0 saturated carbocycles. The molecule has 0 bridgehead atoms. The lowest BCUT2D eigenvalue weighted by molar-refractivity contribution is 0.521. The Bertz CT molecular complexity index is 78.6. The molecule has 1 nitrogen and oxygen atoms in total. The third-order valence-corrected chi connectivity index (χ3v) is 2.11. The molecule has 1 fully saturated rings. The summed E-state index contributed by atoms with van der Waals surface area (Å²) in [5.41, 5.74) is 0. The Balaban J connectivity index is 2.14. The fraction of sp³-hybridized carbons (Fsp3) is 1.00. The first-order valence-corrected chi connectivity index (χ1v) is 4.09. The molecule has 0 aromatic rings. The summed E-state index contributed by atoms with van der Waals surface area (Å²) < 4.78 is 0. The molecule has 1 N–H and O–H groups in total. The average molecular weight is 127 g/mol. The van der Waals surface area contributed by atoms with Crippen molar-refractivity contribution in [2.45, 2.75) is 51.6 Å². The highest BCUT2D eigenvalue weighted by Gasteiger charge is 2.18. The Morgan fingerprint density at radius 2 is 2.22 bits per heavy atom. The van der Waals surface area contributed by atoms with E-state index in [1.807, 2.05) is 0 Å². The van der Waals surface area contributed by atoms with Gasteiger partial charge in [0.15, 0.2) is 0 Å². The van der Waals surface area contributed by atoms with Gasteiger partial charge in [0.2, 0.25) is 0 Å². The third kappa shape index (κ3) is 1.98. The predicted octanol–water partition coefficient (Wildman–Crippen LogP) is 1.93. The lowest BCUT2D eigenvalue weighted by atomic mass is 10.1. The summed E-state index contributed by atoms with van der Waals surface area (Å²) in [5, 5.41) is 3.55. The van der Waals surface area contributed by atoms with Gasteiger partial charge in [-0.15, -0.1) is 0 Å². The van der Waals surface area contributed by atoms with Crippen molar-refractivity contribution in [1.82, 2.24) is 5.32 Å². The minimum atomic E-state index is 0.779. The smallest absolute Gasteiger partial charge is 0.00700 e. The van der Waals surface area contributed by atoms with Crippen LogP contribution in [0.4, 0.5) is 0 Å². The summed E-state index contributed by atoms with van der Waals surface area (Å²) in [4.78, 5) is 0. The summed E-state index contributed by atoms with van der Waals surface area (Å²) >= 11 is 0. The predicted molar refractivity (Wildman–Crippen MR) is 40.5 cm³/mol. The Morgan fingerprint density at radius 3 is 2.67 bits per heavy atom. The monoisotopic (exact) mass is 127 g/mol. The van der Waals surface area contributed by atoms with Crippen molar-refractivity contribution in [2.24, 2.45) is 0 Å². The van der Waals surface area contributed by atoms with Gasteiger partial charge < -0.3 is 5.32 Å². The lowest BCUT2D eigenvalue weighted by Crippen LogP contribution is -2.26. The van der Waals surface area contributed by atoms with E-state index in [1.165, 1.54) is 25.7 Å². The van der Waals surface area contributed by atoms with Gasteiger partial charge in [0.05, 0.1) is 0 Å². The molecule has 1 aliphatic heterocycles. The molecule has 0 amide bonds. The van der Waals surface area contributed by atoms with E-state index >= 15 is 0 Å². The molecule has 2 unspecified atom stereocenters. The second-order valence-corrected chi connectivity index (χ2v) is 3.13.